The van der Waals surface area contributed by atoms with Crippen molar-refractivity contribution in [2.45, 2.75) is 52.9 Å². The van der Waals surface area contributed by atoms with Crippen LogP contribution < -0.4 is 0 Å². The standard InChI is InChI=1S/C14H22/c1-4-6-12-11(2)8-10-14(3)9-5-7-13(12)14/h4,6,13H,5,7-10H2,1-3H3/b6-4-/t13-,14+/m1/s1. The average Bonchev–Trinajstić information content (AvgIpc) is 2.54. The SMILES string of the molecule is C/C=C\C1=C(C)CC[C@]2(C)CCC[C@H]12. The van der Waals surface area contributed by atoms with Gasteiger partial charge in [-0.25, -0.2) is 0 Å². The van der Waals surface area contributed by atoms with Gasteiger partial charge in [0.05, 0.1) is 0 Å². The summed E-state index contributed by atoms with van der Waals surface area (Å²) in [5.74, 6) is 0.868. The molecule has 0 aliphatic heterocycles. The maximum Gasteiger partial charge on any atom is -0.0109 e. The normalized spacial score (nSPS) is 38.1. The summed E-state index contributed by atoms with van der Waals surface area (Å²) >= 11 is 0. The third kappa shape index (κ3) is 1.45. The summed E-state index contributed by atoms with van der Waals surface area (Å²) in [6.45, 7) is 6.97. The second-order valence-electron chi connectivity index (χ2n) is 5.33. The van der Waals surface area contributed by atoms with Gasteiger partial charge in [-0.05, 0) is 56.4 Å². The van der Waals surface area contributed by atoms with Gasteiger partial charge in [0.1, 0.15) is 0 Å². The quantitative estimate of drug-likeness (QED) is 0.572. The van der Waals surface area contributed by atoms with E-state index < -0.39 is 0 Å². The van der Waals surface area contributed by atoms with Crippen molar-refractivity contribution in [2.24, 2.45) is 11.3 Å². The molecule has 0 heterocycles. The molecule has 0 nitrogen and oxygen atoms in total. The van der Waals surface area contributed by atoms with Gasteiger partial charge >= 0.3 is 0 Å². The highest BCUT2D eigenvalue weighted by molar-refractivity contribution is 5.32. The second-order valence-corrected chi connectivity index (χ2v) is 5.33. The fraction of sp³-hybridized carbons (Fsp3) is 0.714. The third-order valence-corrected chi connectivity index (χ3v) is 4.37. The Bertz CT molecular complexity index is 282. The molecule has 1 saturated carbocycles. The lowest BCUT2D eigenvalue weighted by Gasteiger charge is -2.38. The molecule has 0 N–H and O–H groups in total. The molecular weight excluding hydrogens is 168 g/mol. The Hall–Kier alpha value is -0.520. The monoisotopic (exact) mass is 190 g/mol. The fourth-order valence-corrected chi connectivity index (χ4v) is 3.42. The number of hydrogen-bond acceptors (Lipinski definition) is 0. The Kier molecular flexibility index (Phi) is 2.55. The summed E-state index contributed by atoms with van der Waals surface area (Å²) < 4.78 is 0. The van der Waals surface area contributed by atoms with Crippen LogP contribution in [0.3, 0.4) is 0 Å². The predicted octanol–water partition coefficient (Wildman–Crippen LogP) is 4.48. The Labute approximate surface area is 88.1 Å². The number of rotatable bonds is 1. The zero-order valence-electron chi connectivity index (χ0n) is 9.77. The molecule has 2 rings (SSSR count). The van der Waals surface area contributed by atoms with E-state index in [0.29, 0.717) is 5.41 Å². The molecule has 2 aliphatic carbocycles. The Morgan fingerprint density at radius 2 is 2.14 bits per heavy atom. The van der Waals surface area contributed by atoms with Crippen LogP contribution >= 0.6 is 0 Å². The van der Waals surface area contributed by atoms with Crippen molar-refractivity contribution in [1.82, 2.24) is 0 Å². The lowest BCUT2D eigenvalue weighted by atomic mass is 9.67. The summed E-state index contributed by atoms with van der Waals surface area (Å²) in [5.41, 5.74) is 3.94. The van der Waals surface area contributed by atoms with Crippen LogP contribution in [-0.2, 0) is 0 Å². The van der Waals surface area contributed by atoms with Gasteiger partial charge in [0.2, 0.25) is 0 Å². The zero-order valence-corrected chi connectivity index (χ0v) is 9.77. The van der Waals surface area contributed by atoms with Gasteiger partial charge in [0.25, 0.3) is 0 Å². The molecule has 0 heteroatoms. The van der Waals surface area contributed by atoms with E-state index in [2.05, 4.69) is 32.9 Å². The molecule has 0 aromatic carbocycles. The molecule has 0 aromatic heterocycles. The summed E-state index contributed by atoms with van der Waals surface area (Å²) in [6.07, 6.45) is 11.6. The van der Waals surface area contributed by atoms with Crippen molar-refractivity contribution in [3.8, 4) is 0 Å². The van der Waals surface area contributed by atoms with E-state index >= 15 is 0 Å². The lowest BCUT2D eigenvalue weighted by molar-refractivity contribution is 0.226. The fourth-order valence-electron chi connectivity index (χ4n) is 3.42. The summed E-state index contributed by atoms with van der Waals surface area (Å²) in [4.78, 5) is 0. The van der Waals surface area contributed by atoms with Crippen LogP contribution in [0.1, 0.15) is 52.9 Å². The van der Waals surface area contributed by atoms with Crippen molar-refractivity contribution in [1.29, 1.82) is 0 Å². The van der Waals surface area contributed by atoms with Crippen molar-refractivity contribution < 1.29 is 0 Å². The minimum atomic E-state index is 0.633. The van der Waals surface area contributed by atoms with E-state index in [-0.39, 0.29) is 0 Å². The number of fused-ring (bicyclic) bond motifs is 1. The number of hydrogen-bond donors (Lipinski definition) is 0. The van der Waals surface area contributed by atoms with Crippen LogP contribution in [0.15, 0.2) is 23.3 Å². The van der Waals surface area contributed by atoms with Crippen LogP contribution in [0.5, 0.6) is 0 Å². The average molecular weight is 190 g/mol. The molecule has 2 aliphatic rings. The number of allylic oxidation sites excluding steroid dienone is 4. The molecule has 0 radical (unpaired) electrons. The first-order chi connectivity index (χ1) is 6.67. The first-order valence-corrected chi connectivity index (χ1v) is 6.00. The molecule has 2 atom stereocenters. The molecule has 0 saturated heterocycles. The van der Waals surface area contributed by atoms with Crippen LogP contribution in [0.4, 0.5) is 0 Å². The van der Waals surface area contributed by atoms with Gasteiger partial charge in [-0.2, -0.15) is 0 Å². The van der Waals surface area contributed by atoms with Gasteiger partial charge < -0.3 is 0 Å². The maximum atomic E-state index is 2.50. The molecule has 0 amide bonds. The van der Waals surface area contributed by atoms with Gasteiger partial charge in [0, 0.05) is 0 Å². The first kappa shape index (κ1) is 10.0. The van der Waals surface area contributed by atoms with Gasteiger partial charge in [-0.3, -0.25) is 0 Å². The van der Waals surface area contributed by atoms with Crippen molar-refractivity contribution >= 4 is 0 Å². The Morgan fingerprint density at radius 3 is 2.86 bits per heavy atom. The molecule has 14 heavy (non-hydrogen) atoms. The molecule has 78 valence electrons. The van der Waals surface area contributed by atoms with Crippen LogP contribution in [0, 0.1) is 11.3 Å². The van der Waals surface area contributed by atoms with E-state index in [1.165, 1.54) is 32.1 Å². The summed E-state index contributed by atoms with van der Waals surface area (Å²) in [6, 6.07) is 0. The largest absolute Gasteiger partial charge is 0.0874 e. The van der Waals surface area contributed by atoms with E-state index in [0.717, 1.165) is 5.92 Å². The predicted molar refractivity (Wildman–Crippen MR) is 62.2 cm³/mol. The van der Waals surface area contributed by atoms with Gasteiger partial charge in [-0.1, -0.05) is 31.1 Å². The Balaban J connectivity index is 2.35. The van der Waals surface area contributed by atoms with Crippen molar-refractivity contribution in [2.75, 3.05) is 0 Å². The van der Waals surface area contributed by atoms with E-state index in [1.807, 2.05) is 0 Å². The minimum absolute atomic E-state index is 0.633. The Morgan fingerprint density at radius 1 is 1.36 bits per heavy atom. The lowest BCUT2D eigenvalue weighted by Crippen LogP contribution is -2.27. The van der Waals surface area contributed by atoms with Crippen molar-refractivity contribution in [3.05, 3.63) is 23.3 Å². The van der Waals surface area contributed by atoms with Crippen molar-refractivity contribution in [3.63, 3.8) is 0 Å². The summed E-state index contributed by atoms with van der Waals surface area (Å²) in [7, 11) is 0. The summed E-state index contributed by atoms with van der Waals surface area (Å²) in [5, 5.41) is 0. The first-order valence-electron chi connectivity index (χ1n) is 6.00. The third-order valence-electron chi connectivity index (χ3n) is 4.37. The molecule has 0 unspecified atom stereocenters. The molecule has 0 bridgehead atoms. The van der Waals surface area contributed by atoms with E-state index in [4.69, 9.17) is 0 Å². The highest BCUT2D eigenvalue weighted by Gasteiger charge is 2.42. The minimum Gasteiger partial charge on any atom is -0.0874 e. The molecule has 0 spiro atoms. The van der Waals surface area contributed by atoms with Gasteiger partial charge in [-0.15, -0.1) is 0 Å². The highest BCUT2D eigenvalue weighted by atomic mass is 14.5. The molecule has 0 aromatic rings. The van der Waals surface area contributed by atoms with E-state index in [9.17, 15) is 0 Å². The second kappa shape index (κ2) is 3.56. The topological polar surface area (TPSA) is 0 Å². The van der Waals surface area contributed by atoms with Crippen LogP contribution in [-0.4, -0.2) is 0 Å². The van der Waals surface area contributed by atoms with Crippen LogP contribution in [0.25, 0.3) is 0 Å². The highest BCUT2D eigenvalue weighted by Crippen LogP contribution is 2.54. The smallest absolute Gasteiger partial charge is 0.0109 e. The molecular formula is C14H22. The van der Waals surface area contributed by atoms with Gasteiger partial charge in [0.15, 0.2) is 0 Å². The van der Waals surface area contributed by atoms with Crippen LogP contribution in [0.2, 0.25) is 0 Å². The maximum absolute atomic E-state index is 2.50. The van der Waals surface area contributed by atoms with E-state index in [1.54, 1.807) is 11.1 Å². The molecule has 1 fully saturated rings. The zero-order chi connectivity index (χ0) is 10.2.